The number of hydrogen-bond donors (Lipinski definition) is 1. The number of anilines is 1. The summed E-state index contributed by atoms with van der Waals surface area (Å²) in [4.78, 5) is 16.3. The van der Waals surface area contributed by atoms with Crippen LogP contribution in [0.2, 0.25) is 0 Å². The number of carbonyl (C=O) groups excluding carboxylic acids is 1. The summed E-state index contributed by atoms with van der Waals surface area (Å²) in [6.45, 7) is 8.69. The molecule has 156 valence electrons. The van der Waals surface area contributed by atoms with Crippen LogP contribution >= 0.6 is 0 Å². The molecule has 0 aliphatic carbocycles. The van der Waals surface area contributed by atoms with Gasteiger partial charge in [0.25, 0.3) is 10.0 Å². The third kappa shape index (κ3) is 4.79. The first-order valence-corrected chi connectivity index (χ1v) is 11.4. The zero-order chi connectivity index (χ0) is 21.2. The van der Waals surface area contributed by atoms with Gasteiger partial charge in [0.15, 0.2) is 0 Å². The average molecular weight is 417 g/mol. The Hall–Kier alpha value is -2.38. The molecule has 0 atom stereocenters. The summed E-state index contributed by atoms with van der Waals surface area (Å²) in [5.41, 5.74) is 3.57. The topological polar surface area (TPSA) is 62.1 Å². The van der Waals surface area contributed by atoms with Gasteiger partial charge in [0.2, 0.25) is 5.91 Å². The van der Waals surface area contributed by atoms with Crippen LogP contribution in [0.4, 0.5) is 5.69 Å². The van der Waals surface area contributed by atoms with E-state index in [1.165, 1.54) is 9.21 Å². The van der Waals surface area contributed by atoms with Crippen molar-refractivity contribution in [1.29, 1.82) is 0 Å². The van der Waals surface area contributed by atoms with Gasteiger partial charge in [-0.2, -0.15) is 0 Å². The number of nitrogens with zero attached hydrogens (tertiary/aromatic N) is 2. The van der Waals surface area contributed by atoms with Gasteiger partial charge in [-0.1, -0.05) is 23.8 Å². The second-order valence-electron chi connectivity index (χ2n) is 7.93. The second-order valence-corrected chi connectivity index (χ2v) is 9.79. The van der Waals surface area contributed by atoms with Crippen LogP contribution in [0.3, 0.4) is 0 Å². The van der Waals surface area contributed by atoms with E-state index in [0.717, 1.165) is 29.8 Å². The summed E-state index contributed by atoms with van der Waals surface area (Å²) in [6, 6.07) is 12.3. The number of hydrogen-bond acceptors (Lipinski definition) is 3. The molecule has 0 bridgehead atoms. The molecule has 2 aromatic carbocycles. The molecule has 29 heavy (non-hydrogen) atoms. The van der Waals surface area contributed by atoms with Crippen molar-refractivity contribution in [3.8, 4) is 0 Å². The number of amides is 1. The van der Waals surface area contributed by atoms with Crippen LogP contribution in [0.25, 0.3) is 0 Å². The molecule has 1 N–H and O–H groups in total. The largest absolute Gasteiger partial charge is 0.334 e. The van der Waals surface area contributed by atoms with Crippen LogP contribution in [0, 0.1) is 20.8 Å². The summed E-state index contributed by atoms with van der Waals surface area (Å²) in [5, 5.41) is 0. The van der Waals surface area contributed by atoms with E-state index in [-0.39, 0.29) is 17.3 Å². The van der Waals surface area contributed by atoms with E-state index in [2.05, 4.69) is 7.05 Å². The van der Waals surface area contributed by atoms with Gasteiger partial charge in [0.05, 0.1) is 43.8 Å². The summed E-state index contributed by atoms with van der Waals surface area (Å²) >= 11 is 0. The maximum absolute atomic E-state index is 13.5. The molecule has 1 amide bonds. The summed E-state index contributed by atoms with van der Waals surface area (Å²) < 4.78 is 28.2. The lowest BCUT2D eigenvalue weighted by atomic mass is 10.1. The number of benzene rings is 2. The summed E-state index contributed by atoms with van der Waals surface area (Å²) in [7, 11) is -1.76. The van der Waals surface area contributed by atoms with Gasteiger partial charge in [0.1, 0.15) is 6.54 Å². The number of aryl methyl sites for hydroxylation is 3. The fourth-order valence-electron chi connectivity index (χ4n) is 3.39. The molecule has 0 unspecified atom stereocenters. The van der Waals surface area contributed by atoms with Crippen molar-refractivity contribution in [1.82, 2.24) is 4.90 Å². The van der Waals surface area contributed by atoms with Crippen LogP contribution in [0.15, 0.2) is 47.4 Å². The Morgan fingerprint density at radius 3 is 2.21 bits per heavy atom. The van der Waals surface area contributed by atoms with Crippen LogP contribution in [0.1, 0.15) is 16.7 Å². The molecule has 6 nitrogen and oxygen atoms in total. The van der Waals surface area contributed by atoms with Crippen molar-refractivity contribution >= 4 is 21.6 Å². The average Bonchev–Trinajstić information content (AvgIpc) is 2.69. The lowest BCUT2D eigenvalue weighted by Crippen LogP contribution is -3.12. The maximum Gasteiger partial charge on any atom is 0.264 e. The zero-order valence-electron chi connectivity index (χ0n) is 17.6. The predicted molar refractivity (Wildman–Crippen MR) is 115 cm³/mol. The molecular weight excluding hydrogens is 386 g/mol. The highest BCUT2D eigenvalue weighted by molar-refractivity contribution is 7.92. The number of rotatable bonds is 5. The molecule has 7 heteroatoms. The van der Waals surface area contributed by atoms with Crippen molar-refractivity contribution in [2.75, 3.05) is 44.1 Å². The second kappa shape index (κ2) is 8.55. The van der Waals surface area contributed by atoms with Gasteiger partial charge in [-0.05, 0) is 56.2 Å². The van der Waals surface area contributed by atoms with Crippen molar-refractivity contribution in [2.24, 2.45) is 0 Å². The van der Waals surface area contributed by atoms with Crippen molar-refractivity contribution < 1.29 is 18.1 Å². The first-order chi connectivity index (χ1) is 13.7. The van der Waals surface area contributed by atoms with Crippen LogP contribution < -0.4 is 9.21 Å². The van der Waals surface area contributed by atoms with Gasteiger partial charge < -0.3 is 9.80 Å². The molecule has 1 saturated heterocycles. The highest BCUT2D eigenvalue weighted by Gasteiger charge is 2.30. The van der Waals surface area contributed by atoms with Crippen molar-refractivity contribution in [3.63, 3.8) is 0 Å². The maximum atomic E-state index is 13.5. The molecule has 0 spiro atoms. The van der Waals surface area contributed by atoms with Crippen LogP contribution in [0.5, 0.6) is 0 Å². The molecule has 2 aromatic rings. The molecule has 1 aliphatic rings. The van der Waals surface area contributed by atoms with Crippen molar-refractivity contribution in [2.45, 2.75) is 25.7 Å². The zero-order valence-corrected chi connectivity index (χ0v) is 18.4. The predicted octanol–water partition coefficient (Wildman–Crippen LogP) is 1.16. The van der Waals surface area contributed by atoms with Crippen molar-refractivity contribution in [3.05, 3.63) is 59.2 Å². The quantitative estimate of drug-likeness (QED) is 0.796. The van der Waals surface area contributed by atoms with E-state index >= 15 is 0 Å². The van der Waals surface area contributed by atoms with Gasteiger partial charge in [0, 0.05) is 0 Å². The number of quaternary nitrogens is 1. The van der Waals surface area contributed by atoms with E-state index in [0.29, 0.717) is 18.8 Å². The number of nitrogens with one attached hydrogen (secondary N) is 1. The Kier molecular flexibility index (Phi) is 6.29. The smallest absolute Gasteiger partial charge is 0.264 e. The highest BCUT2D eigenvalue weighted by Crippen LogP contribution is 2.26. The van der Waals surface area contributed by atoms with E-state index in [9.17, 15) is 13.2 Å². The molecule has 1 fully saturated rings. The van der Waals surface area contributed by atoms with Crippen LogP contribution in [-0.2, 0) is 14.8 Å². The summed E-state index contributed by atoms with van der Waals surface area (Å²) in [6.07, 6.45) is 0. The minimum absolute atomic E-state index is 0.161. The Morgan fingerprint density at radius 2 is 1.62 bits per heavy atom. The summed E-state index contributed by atoms with van der Waals surface area (Å²) in [5.74, 6) is -0.161. The molecule has 1 aliphatic heterocycles. The molecule has 1 heterocycles. The van der Waals surface area contributed by atoms with E-state index in [1.807, 2.05) is 32.9 Å². The van der Waals surface area contributed by atoms with Gasteiger partial charge >= 0.3 is 0 Å². The van der Waals surface area contributed by atoms with E-state index < -0.39 is 10.0 Å². The number of carbonyl (C=O) groups is 1. The molecular formula is C22H30N3O3S+. The molecule has 0 aromatic heterocycles. The number of likely N-dealkylation sites (N-methyl/N-ethyl adjacent to an activating group) is 1. The minimum atomic E-state index is -3.86. The normalized spacial score (nSPS) is 15.4. The van der Waals surface area contributed by atoms with E-state index in [1.54, 1.807) is 35.2 Å². The van der Waals surface area contributed by atoms with Gasteiger partial charge in [-0.25, -0.2) is 8.42 Å². The third-order valence-corrected chi connectivity index (χ3v) is 7.42. The fraction of sp³-hybridized carbons (Fsp3) is 0.409. The molecule has 0 radical (unpaired) electrons. The monoisotopic (exact) mass is 416 g/mol. The van der Waals surface area contributed by atoms with Gasteiger partial charge in [-0.3, -0.25) is 9.10 Å². The Bertz CT molecular complexity index is 979. The van der Waals surface area contributed by atoms with E-state index in [4.69, 9.17) is 0 Å². The third-order valence-electron chi connectivity index (χ3n) is 5.64. The number of sulfonamides is 1. The lowest BCUT2D eigenvalue weighted by Gasteiger charge is -2.32. The highest BCUT2D eigenvalue weighted by atomic mass is 32.2. The lowest BCUT2D eigenvalue weighted by molar-refractivity contribution is -0.883. The molecule has 0 saturated carbocycles. The number of piperazine rings is 1. The molecule has 3 rings (SSSR count). The fourth-order valence-corrected chi connectivity index (χ4v) is 4.80. The Labute approximate surface area is 173 Å². The minimum Gasteiger partial charge on any atom is -0.334 e. The first kappa shape index (κ1) is 21.3. The first-order valence-electron chi connectivity index (χ1n) is 9.94. The Morgan fingerprint density at radius 1 is 1.00 bits per heavy atom. The van der Waals surface area contributed by atoms with Gasteiger partial charge in [-0.15, -0.1) is 0 Å². The van der Waals surface area contributed by atoms with Crippen LogP contribution in [-0.4, -0.2) is 59.0 Å². The Balaban J connectivity index is 1.96. The standard InChI is InChI=1S/C22H29N3O3S/c1-17-5-9-21(10-6-17)29(27,28)25(20-8-7-18(2)19(3)15-20)16-22(26)24-13-11-23(4)12-14-24/h5-10,15H,11-14,16H2,1-4H3/p+1. The SMILES string of the molecule is Cc1ccc(S(=O)(=O)N(CC(=O)N2CC[NH+](C)CC2)c2ccc(C)c(C)c2)cc1.